The van der Waals surface area contributed by atoms with Gasteiger partial charge in [-0.2, -0.15) is 0 Å². The van der Waals surface area contributed by atoms with Crippen LogP contribution in [0.2, 0.25) is 0 Å². The van der Waals surface area contributed by atoms with E-state index < -0.39 is 0 Å². The first-order chi connectivity index (χ1) is 8.24. The number of anilines is 2. The van der Waals surface area contributed by atoms with Crippen molar-refractivity contribution in [3.8, 4) is 10.4 Å². The average Bonchev–Trinajstić information content (AvgIpc) is 2.78. The summed E-state index contributed by atoms with van der Waals surface area (Å²) in [5, 5.41) is 0.598. The van der Waals surface area contributed by atoms with E-state index in [1.54, 1.807) is 6.20 Å². The zero-order valence-corrected chi connectivity index (χ0v) is 10.9. The van der Waals surface area contributed by atoms with E-state index in [1.165, 1.54) is 11.3 Å². The van der Waals surface area contributed by atoms with Gasteiger partial charge in [0.05, 0.1) is 4.88 Å². The zero-order valence-electron chi connectivity index (χ0n) is 10.1. The summed E-state index contributed by atoms with van der Waals surface area (Å²) in [5.41, 5.74) is 6.77. The molecule has 0 spiro atoms. The van der Waals surface area contributed by atoms with Crippen molar-refractivity contribution in [3.05, 3.63) is 24.5 Å². The Morgan fingerprint density at radius 1 is 1.29 bits per heavy atom. The molecule has 0 fully saturated rings. The molecule has 0 aliphatic rings. The monoisotopic (exact) mass is 248 g/mol. The summed E-state index contributed by atoms with van der Waals surface area (Å²) in [4.78, 5) is 11.8. The third kappa shape index (κ3) is 2.55. The highest BCUT2D eigenvalue weighted by atomic mass is 32.1. The summed E-state index contributed by atoms with van der Waals surface area (Å²) in [6.07, 6.45) is 3.64. The van der Waals surface area contributed by atoms with Gasteiger partial charge in [-0.25, -0.2) is 9.97 Å². The molecule has 0 unspecified atom stereocenters. The molecular weight excluding hydrogens is 232 g/mol. The van der Waals surface area contributed by atoms with E-state index in [4.69, 9.17) is 5.73 Å². The molecule has 0 aliphatic heterocycles. The molecule has 2 aromatic heterocycles. The van der Waals surface area contributed by atoms with Crippen LogP contribution in [0.1, 0.15) is 13.8 Å². The van der Waals surface area contributed by atoms with Crippen LogP contribution < -0.4 is 10.6 Å². The Morgan fingerprint density at radius 3 is 2.65 bits per heavy atom. The fourth-order valence-corrected chi connectivity index (χ4v) is 2.39. The highest BCUT2D eigenvalue weighted by molar-refractivity contribution is 7.18. The highest BCUT2D eigenvalue weighted by Crippen LogP contribution is 2.28. The van der Waals surface area contributed by atoms with Gasteiger partial charge in [-0.15, -0.1) is 0 Å². The molecule has 2 aromatic rings. The maximum atomic E-state index is 5.65. The van der Waals surface area contributed by atoms with Crippen LogP contribution >= 0.6 is 11.3 Å². The van der Waals surface area contributed by atoms with Crippen molar-refractivity contribution in [3.63, 3.8) is 0 Å². The van der Waals surface area contributed by atoms with E-state index in [-0.39, 0.29) is 0 Å². The minimum atomic E-state index is 0.598. The van der Waals surface area contributed by atoms with E-state index >= 15 is 0 Å². The summed E-state index contributed by atoms with van der Waals surface area (Å²) in [5.74, 6) is 1.000. The quantitative estimate of drug-likeness (QED) is 0.903. The molecule has 0 saturated carbocycles. The van der Waals surface area contributed by atoms with Gasteiger partial charge in [0, 0.05) is 25.5 Å². The van der Waals surface area contributed by atoms with Gasteiger partial charge < -0.3 is 10.6 Å². The van der Waals surface area contributed by atoms with Crippen LogP contribution in [0.15, 0.2) is 24.5 Å². The van der Waals surface area contributed by atoms with Crippen molar-refractivity contribution in [2.75, 3.05) is 23.7 Å². The number of aromatic nitrogens is 2. The first-order valence-corrected chi connectivity index (χ1v) is 6.49. The number of thiazole rings is 1. The molecule has 0 aliphatic carbocycles. The van der Waals surface area contributed by atoms with Crippen LogP contribution in [-0.4, -0.2) is 23.1 Å². The molecule has 0 amide bonds. The van der Waals surface area contributed by atoms with Crippen molar-refractivity contribution in [2.24, 2.45) is 0 Å². The number of nitrogens with two attached hydrogens (primary N) is 1. The number of hydrogen-bond acceptors (Lipinski definition) is 5. The lowest BCUT2D eigenvalue weighted by atomic mass is 10.2. The van der Waals surface area contributed by atoms with Crippen molar-refractivity contribution >= 4 is 22.3 Å². The molecule has 0 radical (unpaired) electrons. The normalized spacial score (nSPS) is 10.5. The summed E-state index contributed by atoms with van der Waals surface area (Å²) in [7, 11) is 0. The van der Waals surface area contributed by atoms with Gasteiger partial charge in [-0.3, -0.25) is 0 Å². The second-order valence-corrected chi connectivity index (χ2v) is 4.70. The molecule has 5 heteroatoms. The first-order valence-electron chi connectivity index (χ1n) is 5.67. The molecule has 90 valence electrons. The van der Waals surface area contributed by atoms with Gasteiger partial charge >= 0.3 is 0 Å². The predicted octanol–water partition coefficient (Wildman–Crippen LogP) is 2.63. The Hall–Kier alpha value is -1.62. The third-order valence-electron chi connectivity index (χ3n) is 2.64. The average molecular weight is 248 g/mol. The Labute approximate surface area is 105 Å². The maximum absolute atomic E-state index is 5.65. The van der Waals surface area contributed by atoms with Gasteiger partial charge in [0.1, 0.15) is 5.82 Å². The standard InChI is InChI=1S/C12H16N4S/c1-3-16(4-2)11-7-9(5-6-14-11)10-8-15-12(13)17-10/h5-8H,3-4H2,1-2H3,(H2,13,15). The second-order valence-electron chi connectivity index (χ2n) is 3.64. The highest BCUT2D eigenvalue weighted by Gasteiger charge is 2.07. The van der Waals surface area contributed by atoms with E-state index in [0.717, 1.165) is 29.3 Å². The van der Waals surface area contributed by atoms with Crippen LogP contribution in [0.4, 0.5) is 10.9 Å². The van der Waals surface area contributed by atoms with Gasteiger partial charge in [0.25, 0.3) is 0 Å². The molecule has 2 heterocycles. The largest absolute Gasteiger partial charge is 0.375 e. The van der Waals surface area contributed by atoms with E-state index in [2.05, 4.69) is 34.8 Å². The van der Waals surface area contributed by atoms with Crippen LogP contribution in [0, 0.1) is 0 Å². The third-order valence-corrected chi connectivity index (χ3v) is 3.52. The van der Waals surface area contributed by atoms with Crippen molar-refractivity contribution in [1.82, 2.24) is 9.97 Å². The topological polar surface area (TPSA) is 55.0 Å². The first kappa shape index (κ1) is 11.9. The Balaban J connectivity index is 2.34. The Bertz CT molecular complexity index is 491. The van der Waals surface area contributed by atoms with Crippen molar-refractivity contribution in [1.29, 1.82) is 0 Å². The SMILES string of the molecule is CCN(CC)c1cc(-c2cnc(N)s2)ccn1. The molecule has 2 rings (SSSR count). The summed E-state index contributed by atoms with van der Waals surface area (Å²) in [6.45, 7) is 6.17. The molecule has 0 atom stereocenters. The lowest BCUT2D eigenvalue weighted by molar-refractivity contribution is 0.846. The number of nitrogens with zero attached hydrogens (tertiary/aromatic N) is 3. The van der Waals surface area contributed by atoms with Crippen LogP contribution in [-0.2, 0) is 0 Å². The van der Waals surface area contributed by atoms with E-state index in [1.807, 2.05) is 12.3 Å². The van der Waals surface area contributed by atoms with Crippen LogP contribution in [0.5, 0.6) is 0 Å². The smallest absolute Gasteiger partial charge is 0.180 e. The maximum Gasteiger partial charge on any atom is 0.180 e. The lowest BCUT2D eigenvalue weighted by Crippen LogP contribution is -2.22. The molecule has 4 nitrogen and oxygen atoms in total. The lowest BCUT2D eigenvalue weighted by Gasteiger charge is -2.19. The molecule has 17 heavy (non-hydrogen) atoms. The van der Waals surface area contributed by atoms with Gasteiger partial charge in [0.2, 0.25) is 0 Å². The van der Waals surface area contributed by atoms with Gasteiger partial charge in [-0.05, 0) is 31.5 Å². The predicted molar refractivity (Wildman–Crippen MR) is 73.3 cm³/mol. The fraction of sp³-hybridized carbons (Fsp3) is 0.333. The van der Waals surface area contributed by atoms with Crippen molar-refractivity contribution in [2.45, 2.75) is 13.8 Å². The van der Waals surface area contributed by atoms with E-state index in [9.17, 15) is 0 Å². The Morgan fingerprint density at radius 2 is 2.06 bits per heavy atom. The van der Waals surface area contributed by atoms with Gasteiger partial charge in [0.15, 0.2) is 5.13 Å². The zero-order chi connectivity index (χ0) is 12.3. The molecule has 0 saturated heterocycles. The summed E-state index contributed by atoms with van der Waals surface area (Å²) < 4.78 is 0. The van der Waals surface area contributed by atoms with E-state index in [0.29, 0.717) is 5.13 Å². The number of hydrogen-bond donors (Lipinski definition) is 1. The van der Waals surface area contributed by atoms with Crippen LogP contribution in [0.3, 0.4) is 0 Å². The molecule has 0 bridgehead atoms. The van der Waals surface area contributed by atoms with Crippen molar-refractivity contribution < 1.29 is 0 Å². The van der Waals surface area contributed by atoms with Crippen LogP contribution in [0.25, 0.3) is 10.4 Å². The minimum Gasteiger partial charge on any atom is -0.375 e. The second kappa shape index (κ2) is 5.14. The van der Waals surface area contributed by atoms with Gasteiger partial charge in [-0.1, -0.05) is 11.3 Å². The summed E-state index contributed by atoms with van der Waals surface area (Å²) >= 11 is 1.50. The molecule has 0 aromatic carbocycles. The molecular formula is C12H16N4S. The Kier molecular flexibility index (Phi) is 3.58. The number of pyridine rings is 1. The molecule has 2 N–H and O–H groups in total. The number of nitrogen functional groups attached to an aromatic ring is 1. The number of rotatable bonds is 4. The minimum absolute atomic E-state index is 0.598. The summed E-state index contributed by atoms with van der Waals surface area (Å²) in [6, 6.07) is 4.07. The fourth-order valence-electron chi connectivity index (χ4n) is 1.71.